The van der Waals surface area contributed by atoms with Crippen molar-refractivity contribution in [2.45, 2.75) is 32.7 Å². The maximum Gasteiger partial charge on any atom is 0.187 e. The van der Waals surface area contributed by atoms with Crippen LogP contribution in [0.5, 0.6) is 5.75 Å². The summed E-state index contributed by atoms with van der Waals surface area (Å²) in [6.07, 6.45) is 3.68. The summed E-state index contributed by atoms with van der Waals surface area (Å²) in [5.41, 5.74) is 0.856. The molecule has 1 aliphatic carbocycles. The van der Waals surface area contributed by atoms with Gasteiger partial charge in [-0.05, 0) is 36.0 Å². The van der Waals surface area contributed by atoms with Crippen LogP contribution in [0.2, 0.25) is 0 Å². The van der Waals surface area contributed by atoms with E-state index in [4.69, 9.17) is 5.11 Å². The second-order valence-corrected chi connectivity index (χ2v) is 5.18. The second kappa shape index (κ2) is 4.61. The van der Waals surface area contributed by atoms with Crippen molar-refractivity contribution in [1.29, 1.82) is 0 Å². The van der Waals surface area contributed by atoms with Crippen LogP contribution in [0.3, 0.4) is 0 Å². The molecule has 4 heteroatoms. The quantitative estimate of drug-likeness (QED) is 0.849. The first-order chi connectivity index (χ1) is 8.00. The van der Waals surface area contributed by atoms with E-state index in [9.17, 15) is 8.78 Å². The zero-order valence-corrected chi connectivity index (χ0v) is 9.89. The average Bonchev–Trinajstić information content (AvgIpc) is 2.23. The van der Waals surface area contributed by atoms with Crippen molar-refractivity contribution in [1.82, 2.24) is 5.32 Å². The molecule has 0 bridgehead atoms. The molecule has 1 saturated carbocycles. The number of hydrogen-bond acceptors (Lipinski definition) is 2. The van der Waals surface area contributed by atoms with E-state index in [1.807, 2.05) is 0 Å². The maximum atomic E-state index is 13.1. The molecular weight excluding hydrogens is 224 g/mol. The van der Waals surface area contributed by atoms with Crippen molar-refractivity contribution < 1.29 is 13.9 Å². The molecule has 1 aliphatic rings. The third-order valence-corrected chi connectivity index (χ3v) is 3.52. The van der Waals surface area contributed by atoms with Gasteiger partial charge in [-0.1, -0.05) is 13.3 Å². The van der Waals surface area contributed by atoms with Gasteiger partial charge in [-0.15, -0.1) is 0 Å². The predicted molar refractivity (Wildman–Crippen MR) is 61.7 cm³/mol. The molecule has 0 spiro atoms. The molecule has 2 rings (SSSR count). The minimum absolute atomic E-state index is 0.341. The minimum Gasteiger partial charge on any atom is -0.503 e. The van der Waals surface area contributed by atoms with Gasteiger partial charge < -0.3 is 10.4 Å². The van der Waals surface area contributed by atoms with E-state index in [-0.39, 0.29) is 0 Å². The molecule has 0 aliphatic heterocycles. The Hall–Kier alpha value is -1.16. The highest BCUT2D eigenvalue weighted by Gasteiger charge is 2.30. The highest BCUT2D eigenvalue weighted by atomic mass is 19.1. The van der Waals surface area contributed by atoms with Crippen molar-refractivity contribution in [3.63, 3.8) is 0 Å². The summed E-state index contributed by atoms with van der Waals surface area (Å²) < 4.78 is 26.1. The summed E-state index contributed by atoms with van der Waals surface area (Å²) in [7, 11) is 0. The van der Waals surface area contributed by atoms with Crippen LogP contribution in [0.15, 0.2) is 12.1 Å². The Morgan fingerprint density at radius 1 is 1.29 bits per heavy atom. The van der Waals surface area contributed by atoms with Crippen molar-refractivity contribution in [3.05, 3.63) is 29.3 Å². The van der Waals surface area contributed by atoms with E-state index in [1.165, 1.54) is 19.3 Å². The first-order valence-electron chi connectivity index (χ1n) is 5.88. The summed E-state index contributed by atoms with van der Waals surface area (Å²) in [4.78, 5) is 0. The van der Waals surface area contributed by atoms with Crippen LogP contribution in [-0.4, -0.2) is 11.7 Å². The smallest absolute Gasteiger partial charge is 0.187 e. The lowest BCUT2D eigenvalue weighted by atomic mass is 9.70. The van der Waals surface area contributed by atoms with E-state index in [2.05, 4.69) is 12.2 Å². The van der Waals surface area contributed by atoms with Crippen LogP contribution in [0.4, 0.5) is 8.78 Å². The average molecular weight is 241 g/mol. The lowest BCUT2D eigenvalue weighted by Gasteiger charge is -2.38. The molecule has 1 fully saturated rings. The fourth-order valence-corrected chi connectivity index (χ4v) is 2.19. The third kappa shape index (κ3) is 2.75. The molecule has 0 atom stereocenters. The Labute approximate surface area is 99.7 Å². The van der Waals surface area contributed by atoms with Gasteiger partial charge >= 0.3 is 0 Å². The molecule has 1 aromatic carbocycles. The Morgan fingerprint density at radius 2 is 1.88 bits per heavy atom. The van der Waals surface area contributed by atoms with Crippen LogP contribution < -0.4 is 5.32 Å². The van der Waals surface area contributed by atoms with Crippen molar-refractivity contribution in [3.8, 4) is 5.75 Å². The van der Waals surface area contributed by atoms with E-state index < -0.39 is 17.4 Å². The van der Waals surface area contributed by atoms with Crippen molar-refractivity contribution in [2.24, 2.45) is 5.41 Å². The largest absolute Gasteiger partial charge is 0.503 e. The molecule has 2 nitrogen and oxygen atoms in total. The van der Waals surface area contributed by atoms with Gasteiger partial charge in [-0.2, -0.15) is 0 Å². The molecule has 0 radical (unpaired) electrons. The Morgan fingerprint density at radius 3 is 2.35 bits per heavy atom. The van der Waals surface area contributed by atoms with Crippen LogP contribution in [-0.2, 0) is 6.54 Å². The Balaban J connectivity index is 1.90. The number of phenols is 1. The van der Waals surface area contributed by atoms with Gasteiger partial charge in [-0.25, -0.2) is 8.78 Å². The molecule has 17 heavy (non-hydrogen) atoms. The van der Waals surface area contributed by atoms with Gasteiger partial charge in [-0.3, -0.25) is 0 Å². The van der Waals surface area contributed by atoms with Crippen molar-refractivity contribution in [2.75, 3.05) is 6.54 Å². The van der Waals surface area contributed by atoms with Crippen molar-refractivity contribution >= 4 is 0 Å². The van der Waals surface area contributed by atoms with Gasteiger partial charge in [0.05, 0.1) is 0 Å². The van der Waals surface area contributed by atoms with E-state index in [1.54, 1.807) is 0 Å². The van der Waals surface area contributed by atoms with Crippen LogP contribution >= 0.6 is 0 Å². The topological polar surface area (TPSA) is 32.3 Å². The van der Waals surface area contributed by atoms with Gasteiger partial charge in [0.1, 0.15) is 0 Å². The summed E-state index contributed by atoms with van der Waals surface area (Å²) >= 11 is 0. The molecule has 94 valence electrons. The number of phenolic OH excluding ortho intramolecular Hbond substituents is 1. The number of halogens is 2. The molecule has 0 aromatic heterocycles. The zero-order chi connectivity index (χ0) is 12.5. The SMILES string of the molecule is CC1(CNCc2cc(F)c(O)c(F)c2)CCC1. The molecule has 0 unspecified atom stereocenters. The summed E-state index contributed by atoms with van der Waals surface area (Å²) in [6.45, 7) is 3.49. The number of nitrogens with one attached hydrogen (secondary N) is 1. The van der Waals surface area contributed by atoms with Crippen LogP contribution in [0.1, 0.15) is 31.7 Å². The van der Waals surface area contributed by atoms with Crippen LogP contribution in [0, 0.1) is 17.0 Å². The second-order valence-electron chi connectivity index (χ2n) is 5.18. The fourth-order valence-electron chi connectivity index (χ4n) is 2.19. The lowest BCUT2D eigenvalue weighted by Crippen LogP contribution is -2.36. The van der Waals surface area contributed by atoms with Gasteiger partial charge in [0, 0.05) is 13.1 Å². The molecule has 0 saturated heterocycles. The molecular formula is C13H17F2NO. The number of hydrogen-bond donors (Lipinski definition) is 2. The zero-order valence-electron chi connectivity index (χ0n) is 9.89. The monoisotopic (exact) mass is 241 g/mol. The minimum atomic E-state index is -0.906. The normalized spacial score (nSPS) is 17.8. The number of rotatable bonds is 4. The standard InChI is InChI=1S/C13H17F2NO/c1-13(3-2-4-13)8-16-7-9-5-10(14)12(17)11(15)6-9/h5-6,16-17H,2-4,7-8H2,1H3. The highest BCUT2D eigenvalue weighted by molar-refractivity contribution is 5.29. The van der Waals surface area contributed by atoms with Gasteiger partial charge in [0.2, 0.25) is 0 Å². The third-order valence-electron chi connectivity index (χ3n) is 3.52. The Kier molecular flexibility index (Phi) is 3.33. The number of benzene rings is 1. The highest BCUT2D eigenvalue weighted by Crippen LogP contribution is 2.39. The predicted octanol–water partition coefficient (Wildman–Crippen LogP) is 2.95. The van der Waals surface area contributed by atoms with E-state index in [0.717, 1.165) is 18.7 Å². The van der Waals surface area contributed by atoms with Crippen LogP contribution in [0.25, 0.3) is 0 Å². The Bertz CT molecular complexity index is 393. The molecule has 2 N–H and O–H groups in total. The molecule has 0 heterocycles. The summed E-state index contributed by atoms with van der Waals surface area (Å²) in [5, 5.41) is 12.2. The molecule has 0 amide bonds. The molecule has 1 aromatic rings. The fraction of sp³-hybridized carbons (Fsp3) is 0.538. The lowest BCUT2D eigenvalue weighted by molar-refractivity contribution is 0.156. The maximum absolute atomic E-state index is 13.1. The summed E-state index contributed by atoms with van der Waals surface area (Å²) in [6, 6.07) is 2.32. The first kappa shape index (κ1) is 12.3. The first-order valence-corrected chi connectivity index (χ1v) is 5.88. The van der Waals surface area contributed by atoms with Gasteiger partial charge in [0.25, 0.3) is 0 Å². The van der Waals surface area contributed by atoms with E-state index >= 15 is 0 Å². The van der Waals surface area contributed by atoms with E-state index in [0.29, 0.717) is 17.5 Å². The summed E-state index contributed by atoms with van der Waals surface area (Å²) in [5.74, 6) is -2.71. The van der Waals surface area contributed by atoms with Gasteiger partial charge in [0.15, 0.2) is 17.4 Å². The number of aromatic hydroxyl groups is 1.